The van der Waals surface area contributed by atoms with Gasteiger partial charge in [-0.05, 0) is 53.1 Å². The van der Waals surface area contributed by atoms with Crippen LogP contribution in [0.2, 0.25) is 0 Å². The Morgan fingerprint density at radius 2 is 2.00 bits per heavy atom. The number of hydrogen-bond acceptors (Lipinski definition) is 3. The molecule has 1 aliphatic heterocycles. The van der Waals surface area contributed by atoms with E-state index in [0.29, 0.717) is 5.41 Å². The number of hydrogen-bond donors (Lipinski definition) is 1. The van der Waals surface area contributed by atoms with E-state index in [2.05, 4.69) is 10.2 Å². The van der Waals surface area contributed by atoms with Crippen molar-refractivity contribution in [3.63, 3.8) is 0 Å². The number of nitrogens with one attached hydrogen (secondary N) is 1. The van der Waals surface area contributed by atoms with Crippen LogP contribution in [0.15, 0.2) is 0 Å². The summed E-state index contributed by atoms with van der Waals surface area (Å²) in [4.78, 5) is 14.0. The molecule has 17 heavy (non-hydrogen) atoms. The molecule has 0 aromatic rings. The van der Waals surface area contributed by atoms with Gasteiger partial charge >= 0.3 is 6.09 Å². The minimum atomic E-state index is -0.404. The Hall–Kier alpha value is -0.770. The van der Waals surface area contributed by atoms with Gasteiger partial charge in [-0.1, -0.05) is 0 Å². The summed E-state index contributed by atoms with van der Waals surface area (Å²) in [5, 5.41) is 2.91. The fraction of sp³-hybridized carbons (Fsp3) is 0.923. The van der Waals surface area contributed by atoms with Gasteiger partial charge in [-0.25, -0.2) is 4.79 Å². The zero-order valence-electron chi connectivity index (χ0n) is 11.2. The molecule has 4 heteroatoms. The zero-order chi connectivity index (χ0) is 12.5. The van der Waals surface area contributed by atoms with Gasteiger partial charge in [-0.3, -0.25) is 0 Å². The van der Waals surface area contributed by atoms with E-state index in [0.717, 1.165) is 13.1 Å². The van der Waals surface area contributed by atoms with Crippen molar-refractivity contribution < 1.29 is 9.53 Å². The third-order valence-electron chi connectivity index (χ3n) is 3.47. The minimum absolute atomic E-state index is 0.285. The highest BCUT2D eigenvalue weighted by Crippen LogP contribution is 2.46. The summed E-state index contributed by atoms with van der Waals surface area (Å²) in [7, 11) is 0. The van der Waals surface area contributed by atoms with Gasteiger partial charge in [0.25, 0.3) is 0 Å². The summed E-state index contributed by atoms with van der Waals surface area (Å²) in [6, 6.07) is 0. The van der Waals surface area contributed by atoms with Crippen LogP contribution in [-0.4, -0.2) is 42.8 Å². The third-order valence-corrected chi connectivity index (χ3v) is 3.47. The van der Waals surface area contributed by atoms with Gasteiger partial charge in [0, 0.05) is 18.5 Å². The largest absolute Gasteiger partial charge is 0.444 e. The van der Waals surface area contributed by atoms with E-state index in [1.807, 2.05) is 20.8 Å². The summed E-state index contributed by atoms with van der Waals surface area (Å²) in [6.07, 6.45) is 3.51. The Kier molecular flexibility index (Phi) is 3.34. The van der Waals surface area contributed by atoms with Gasteiger partial charge in [0.1, 0.15) is 5.60 Å². The normalized spacial score (nSPS) is 22.8. The summed E-state index contributed by atoms with van der Waals surface area (Å²) in [6.45, 7) is 10.0. The molecule has 2 fully saturated rings. The molecule has 1 N–H and O–H groups in total. The van der Waals surface area contributed by atoms with Crippen LogP contribution in [0.5, 0.6) is 0 Å². The second-order valence-corrected chi connectivity index (χ2v) is 6.49. The predicted molar refractivity (Wildman–Crippen MR) is 67.0 cm³/mol. The van der Waals surface area contributed by atoms with Crippen LogP contribution >= 0.6 is 0 Å². The fourth-order valence-electron chi connectivity index (χ4n) is 2.16. The molecule has 0 atom stereocenters. The van der Waals surface area contributed by atoms with Crippen molar-refractivity contribution in [2.75, 3.05) is 26.2 Å². The van der Waals surface area contributed by atoms with E-state index >= 15 is 0 Å². The minimum Gasteiger partial charge on any atom is -0.444 e. The van der Waals surface area contributed by atoms with E-state index in [1.54, 1.807) is 0 Å². The number of amides is 1. The van der Waals surface area contributed by atoms with Crippen molar-refractivity contribution in [2.45, 2.75) is 45.6 Å². The zero-order valence-corrected chi connectivity index (χ0v) is 11.2. The van der Waals surface area contributed by atoms with Crippen molar-refractivity contribution in [1.82, 2.24) is 10.2 Å². The van der Waals surface area contributed by atoms with E-state index < -0.39 is 5.60 Å². The first kappa shape index (κ1) is 12.7. The topological polar surface area (TPSA) is 41.6 Å². The van der Waals surface area contributed by atoms with E-state index in [1.165, 1.54) is 32.4 Å². The first-order valence-electron chi connectivity index (χ1n) is 6.58. The molecule has 2 rings (SSSR count). The monoisotopic (exact) mass is 240 g/mol. The molecule has 0 unspecified atom stereocenters. The molecular formula is C13H24N2O2. The molecule has 1 saturated heterocycles. The SMILES string of the molecule is CC(C)(C)OC(=O)NCC1(CN2CCC2)CC1. The van der Waals surface area contributed by atoms with Crippen molar-refractivity contribution in [2.24, 2.45) is 5.41 Å². The van der Waals surface area contributed by atoms with Crippen molar-refractivity contribution in [3.05, 3.63) is 0 Å². The highest BCUT2D eigenvalue weighted by Gasteiger charge is 2.44. The maximum absolute atomic E-state index is 11.6. The molecular weight excluding hydrogens is 216 g/mol. The lowest BCUT2D eigenvalue weighted by Gasteiger charge is -2.34. The average Bonchev–Trinajstić information content (AvgIpc) is 2.87. The predicted octanol–water partition coefficient (Wildman–Crippen LogP) is 2.00. The highest BCUT2D eigenvalue weighted by atomic mass is 16.6. The van der Waals surface area contributed by atoms with Gasteiger partial charge in [-0.15, -0.1) is 0 Å². The number of nitrogens with zero attached hydrogens (tertiary/aromatic N) is 1. The van der Waals surface area contributed by atoms with Crippen LogP contribution in [0, 0.1) is 5.41 Å². The highest BCUT2D eigenvalue weighted by molar-refractivity contribution is 5.67. The number of rotatable bonds is 4. The number of alkyl carbamates (subject to hydrolysis) is 1. The second kappa shape index (κ2) is 4.48. The Morgan fingerprint density at radius 1 is 1.35 bits per heavy atom. The molecule has 0 aromatic carbocycles. The summed E-state index contributed by atoms with van der Waals surface area (Å²) in [5.74, 6) is 0. The number of carbonyl (C=O) groups is 1. The lowest BCUT2D eigenvalue weighted by molar-refractivity contribution is 0.0504. The fourth-order valence-corrected chi connectivity index (χ4v) is 2.16. The van der Waals surface area contributed by atoms with E-state index in [9.17, 15) is 4.79 Å². The molecule has 1 saturated carbocycles. The van der Waals surface area contributed by atoms with Crippen LogP contribution in [0.25, 0.3) is 0 Å². The maximum Gasteiger partial charge on any atom is 0.407 e. The summed E-state index contributed by atoms with van der Waals surface area (Å²) in [5.41, 5.74) is -0.0599. The van der Waals surface area contributed by atoms with Gasteiger partial charge in [0.15, 0.2) is 0 Å². The van der Waals surface area contributed by atoms with Crippen LogP contribution in [-0.2, 0) is 4.74 Å². The van der Waals surface area contributed by atoms with Crippen molar-refractivity contribution >= 4 is 6.09 Å². The smallest absolute Gasteiger partial charge is 0.407 e. The number of ether oxygens (including phenoxy) is 1. The van der Waals surface area contributed by atoms with Crippen molar-refractivity contribution in [3.8, 4) is 0 Å². The van der Waals surface area contributed by atoms with Crippen LogP contribution in [0.3, 0.4) is 0 Å². The Bertz CT molecular complexity index is 288. The van der Waals surface area contributed by atoms with Gasteiger partial charge in [0.05, 0.1) is 0 Å². The quantitative estimate of drug-likeness (QED) is 0.817. The average molecular weight is 240 g/mol. The summed E-state index contributed by atoms with van der Waals surface area (Å²) < 4.78 is 5.24. The molecule has 98 valence electrons. The molecule has 0 bridgehead atoms. The lowest BCUT2D eigenvalue weighted by atomic mass is 10.0. The standard InChI is InChI=1S/C13H24N2O2/c1-12(2,3)17-11(16)14-9-13(5-6-13)10-15-7-4-8-15/h4-10H2,1-3H3,(H,14,16). The van der Waals surface area contributed by atoms with Gasteiger partial charge in [0.2, 0.25) is 0 Å². The van der Waals surface area contributed by atoms with E-state index in [-0.39, 0.29) is 6.09 Å². The van der Waals surface area contributed by atoms with Crippen LogP contribution < -0.4 is 5.32 Å². The maximum atomic E-state index is 11.6. The molecule has 0 aromatic heterocycles. The third kappa shape index (κ3) is 3.87. The molecule has 4 nitrogen and oxygen atoms in total. The number of likely N-dealkylation sites (tertiary alicyclic amines) is 1. The second-order valence-electron chi connectivity index (χ2n) is 6.49. The molecule has 0 radical (unpaired) electrons. The van der Waals surface area contributed by atoms with Crippen LogP contribution in [0.1, 0.15) is 40.0 Å². The molecule has 1 amide bonds. The molecule has 1 aliphatic carbocycles. The summed E-state index contributed by atoms with van der Waals surface area (Å²) >= 11 is 0. The first-order valence-corrected chi connectivity index (χ1v) is 6.58. The van der Waals surface area contributed by atoms with Gasteiger partial charge in [-0.2, -0.15) is 0 Å². The molecule has 2 aliphatic rings. The Balaban J connectivity index is 1.68. The van der Waals surface area contributed by atoms with Gasteiger partial charge < -0.3 is 15.0 Å². The van der Waals surface area contributed by atoms with Crippen LogP contribution in [0.4, 0.5) is 4.79 Å². The first-order chi connectivity index (χ1) is 7.89. The van der Waals surface area contributed by atoms with E-state index in [4.69, 9.17) is 4.74 Å². The van der Waals surface area contributed by atoms with Crippen molar-refractivity contribution in [1.29, 1.82) is 0 Å². The molecule has 0 spiro atoms. The Morgan fingerprint density at radius 3 is 2.41 bits per heavy atom. The Labute approximate surface area is 104 Å². The lowest BCUT2D eigenvalue weighted by Crippen LogP contribution is -2.44. The molecule has 1 heterocycles. The number of carbonyl (C=O) groups excluding carboxylic acids is 1.